The molecule has 5 nitrogen and oxygen atoms in total. The summed E-state index contributed by atoms with van der Waals surface area (Å²) >= 11 is 5.32. The Bertz CT molecular complexity index is 458. The Morgan fingerprint density at radius 3 is 2.33 bits per heavy atom. The summed E-state index contributed by atoms with van der Waals surface area (Å²) in [6.45, 7) is 5.72. The molecule has 0 atom stereocenters. The SMILES string of the molecule is CCOP(=O)(Cc1cc(C(=O)Cl)oc1C)OCC. The molecule has 0 aliphatic heterocycles. The zero-order valence-corrected chi connectivity index (χ0v) is 12.2. The van der Waals surface area contributed by atoms with E-state index in [-0.39, 0.29) is 25.1 Å². The van der Waals surface area contributed by atoms with Crippen LogP contribution in [0.15, 0.2) is 10.5 Å². The lowest BCUT2D eigenvalue weighted by molar-refractivity contribution is 0.105. The molecular weight excluding hydrogens is 279 g/mol. The predicted molar refractivity (Wildman–Crippen MR) is 68.2 cm³/mol. The van der Waals surface area contributed by atoms with Crippen molar-refractivity contribution in [2.75, 3.05) is 13.2 Å². The molecule has 1 aromatic heterocycles. The smallest absolute Gasteiger partial charge is 0.335 e. The van der Waals surface area contributed by atoms with Crippen LogP contribution in [0.4, 0.5) is 0 Å². The third kappa shape index (κ3) is 3.95. The first-order valence-electron chi connectivity index (χ1n) is 5.59. The van der Waals surface area contributed by atoms with Crippen LogP contribution in [0.1, 0.15) is 35.7 Å². The van der Waals surface area contributed by atoms with E-state index in [4.69, 9.17) is 25.1 Å². The highest BCUT2D eigenvalue weighted by atomic mass is 35.5. The van der Waals surface area contributed by atoms with Crippen molar-refractivity contribution in [3.05, 3.63) is 23.2 Å². The zero-order chi connectivity index (χ0) is 13.8. The molecule has 0 fully saturated rings. The number of aryl methyl sites for hydroxylation is 1. The van der Waals surface area contributed by atoms with Gasteiger partial charge in [-0.3, -0.25) is 9.36 Å². The largest absolute Gasteiger partial charge is 0.457 e. The van der Waals surface area contributed by atoms with E-state index in [0.29, 0.717) is 11.3 Å². The maximum atomic E-state index is 12.3. The zero-order valence-electron chi connectivity index (χ0n) is 10.6. The molecule has 0 aliphatic carbocycles. The van der Waals surface area contributed by atoms with E-state index >= 15 is 0 Å². The van der Waals surface area contributed by atoms with Crippen LogP contribution >= 0.6 is 19.2 Å². The van der Waals surface area contributed by atoms with Gasteiger partial charge in [0.05, 0.1) is 19.4 Å². The molecular formula is C11H16ClO5P. The Labute approximate surface area is 111 Å². The van der Waals surface area contributed by atoms with E-state index < -0.39 is 12.8 Å². The highest BCUT2D eigenvalue weighted by Crippen LogP contribution is 2.51. The summed E-state index contributed by atoms with van der Waals surface area (Å²) in [7, 11) is -3.20. The van der Waals surface area contributed by atoms with E-state index in [1.165, 1.54) is 6.07 Å². The number of hydrogen-bond acceptors (Lipinski definition) is 5. The summed E-state index contributed by atoms with van der Waals surface area (Å²) in [5.41, 5.74) is 0.601. The van der Waals surface area contributed by atoms with Gasteiger partial charge in [0.25, 0.3) is 5.24 Å². The van der Waals surface area contributed by atoms with Crippen LogP contribution in [0.5, 0.6) is 0 Å². The van der Waals surface area contributed by atoms with Gasteiger partial charge >= 0.3 is 7.60 Å². The summed E-state index contributed by atoms with van der Waals surface area (Å²) in [4.78, 5) is 11.0. The first kappa shape index (κ1) is 15.4. The van der Waals surface area contributed by atoms with Gasteiger partial charge in [0.2, 0.25) is 0 Å². The van der Waals surface area contributed by atoms with Gasteiger partial charge in [0.15, 0.2) is 5.76 Å². The summed E-state index contributed by atoms with van der Waals surface area (Å²) in [5.74, 6) is 0.516. The molecule has 7 heteroatoms. The van der Waals surface area contributed by atoms with E-state index in [9.17, 15) is 9.36 Å². The molecule has 0 saturated heterocycles. The average Bonchev–Trinajstić information content (AvgIpc) is 2.61. The third-order valence-electron chi connectivity index (χ3n) is 2.23. The molecule has 0 unspecified atom stereocenters. The van der Waals surface area contributed by atoms with E-state index in [1.807, 2.05) is 0 Å². The minimum atomic E-state index is -3.20. The Hall–Kier alpha value is -0.610. The molecule has 0 saturated carbocycles. The van der Waals surface area contributed by atoms with E-state index in [0.717, 1.165) is 0 Å². The quantitative estimate of drug-likeness (QED) is 0.566. The van der Waals surface area contributed by atoms with Gasteiger partial charge in [0.1, 0.15) is 5.76 Å². The fourth-order valence-corrected chi connectivity index (χ4v) is 3.37. The Morgan fingerprint density at radius 1 is 1.39 bits per heavy atom. The highest BCUT2D eigenvalue weighted by Gasteiger charge is 2.27. The third-order valence-corrected chi connectivity index (χ3v) is 4.45. The van der Waals surface area contributed by atoms with Crippen LogP contribution in [-0.4, -0.2) is 18.5 Å². The van der Waals surface area contributed by atoms with Gasteiger partial charge in [-0.05, 0) is 38.4 Å². The van der Waals surface area contributed by atoms with Crippen molar-refractivity contribution in [2.45, 2.75) is 26.9 Å². The molecule has 0 spiro atoms. The molecule has 1 heterocycles. The second-order valence-corrected chi connectivity index (χ2v) is 5.97. The number of halogens is 1. The molecule has 1 aromatic rings. The second kappa shape index (κ2) is 6.53. The van der Waals surface area contributed by atoms with Gasteiger partial charge in [-0.15, -0.1) is 0 Å². The highest BCUT2D eigenvalue weighted by molar-refractivity contribution is 7.53. The lowest BCUT2D eigenvalue weighted by atomic mass is 10.3. The molecule has 0 amide bonds. The monoisotopic (exact) mass is 294 g/mol. The summed E-state index contributed by atoms with van der Waals surface area (Å²) in [6, 6.07) is 1.47. The van der Waals surface area contributed by atoms with Crippen LogP contribution in [0.25, 0.3) is 0 Å². The minimum Gasteiger partial charge on any atom is -0.457 e. The van der Waals surface area contributed by atoms with Crippen molar-refractivity contribution >= 4 is 24.4 Å². The van der Waals surface area contributed by atoms with Gasteiger partial charge in [-0.2, -0.15) is 0 Å². The standard InChI is InChI=1S/C11H16ClO5P/c1-4-15-18(14,16-5-2)7-9-6-10(11(12)13)17-8(9)3/h6H,4-5,7H2,1-3H3. The van der Waals surface area contributed by atoms with Crippen molar-refractivity contribution in [1.29, 1.82) is 0 Å². The van der Waals surface area contributed by atoms with Gasteiger partial charge in [0, 0.05) is 5.56 Å². The van der Waals surface area contributed by atoms with Crippen molar-refractivity contribution in [1.82, 2.24) is 0 Å². The van der Waals surface area contributed by atoms with Crippen LogP contribution in [0, 0.1) is 6.92 Å². The summed E-state index contributed by atoms with van der Waals surface area (Å²) in [5, 5.41) is -0.688. The van der Waals surface area contributed by atoms with Gasteiger partial charge in [-0.1, -0.05) is 0 Å². The van der Waals surface area contributed by atoms with E-state index in [2.05, 4.69) is 0 Å². The molecule has 0 radical (unpaired) electrons. The predicted octanol–water partition coefficient (Wildman–Crippen LogP) is 3.73. The molecule has 102 valence electrons. The second-order valence-electron chi connectivity index (χ2n) is 3.57. The van der Waals surface area contributed by atoms with Gasteiger partial charge < -0.3 is 13.5 Å². The maximum absolute atomic E-state index is 12.3. The van der Waals surface area contributed by atoms with Crippen LogP contribution in [-0.2, 0) is 19.8 Å². The van der Waals surface area contributed by atoms with Crippen molar-refractivity contribution in [2.24, 2.45) is 0 Å². The summed E-state index contributed by atoms with van der Waals surface area (Å²) < 4.78 is 27.8. The lowest BCUT2D eigenvalue weighted by Crippen LogP contribution is -1.99. The number of carbonyl (C=O) groups excluding carboxylic acids is 1. The molecule has 18 heavy (non-hydrogen) atoms. The molecule has 0 aromatic carbocycles. The normalized spacial score (nSPS) is 11.8. The fourth-order valence-electron chi connectivity index (χ4n) is 1.50. The number of hydrogen-bond donors (Lipinski definition) is 0. The number of furan rings is 1. The Balaban J connectivity index is 2.93. The van der Waals surface area contributed by atoms with Crippen LogP contribution in [0.2, 0.25) is 0 Å². The first-order valence-corrected chi connectivity index (χ1v) is 7.69. The molecule has 0 N–H and O–H groups in total. The van der Waals surface area contributed by atoms with Gasteiger partial charge in [-0.25, -0.2) is 0 Å². The van der Waals surface area contributed by atoms with Crippen molar-refractivity contribution in [3.8, 4) is 0 Å². The van der Waals surface area contributed by atoms with Crippen molar-refractivity contribution in [3.63, 3.8) is 0 Å². The number of rotatable bonds is 7. The van der Waals surface area contributed by atoms with Crippen molar-refractivity contribution < 1.29 is 22.8 Å². The number of carbonyl (C=O) groups is 1. The molecule has 1 rings (SSSR count). The fraction of sp³-hybridized carbons (Fsp3) is 0.545. The first-order chi connectivity index (χ1) is 8.41. The molecule has 0 bridgehead atoms. The lowest BCUT2D eigenvalue weighted by Gasteiger charge is -2.16. The van der Waals surface area contributed by atoms with Crippen LogP contribution < -0.4 is 0 Å². The van der Waals surface area contributed by atoms with Crippen LogP contribution in [0.3, 0.4) is 0 Å². The topological polar surface area (TPSA) is 65.7 Å². The summed E-state index contributed by atoms with van der Waals surface area (Å²) in [6.07, 6.45) is 0.0637. The van der Waals surface area contributed by atoms with E-state index in [1.54, 1.807) is 20.8 Å². The Kier molecular flexibility index (Phi) is 5.60. The maximum Gasteiger partial charge on any atom is 0.335 e. The average molecular weight is 295 g/mol. The minimum absolute atomic E-state index is 0.0312. The Morgan fingerprint density at radius 2 is 1.94 bits per heavy atom. The molecule has 0 aliphatic rings.